The smallest absolute Gasteiger partial charge is 0.241 e. The van der Waals surface area contributed by atoms with Crippen molar-refractivity contribution in [2.45, 2.75) is 44.0 Å². The minimum atomic E-state index is -3.77. The summed E-state index contributed by atoms with van der Waals surface area (Å²) in [7, 11) is -3.77. The monoisotopic (exact) mass is 498 g/mol. The molecule has 35 heavy (non-hydrogen) atoms. The highest BCUT2D eigenvalue weighted by Gasteiger charge is 2.26. The Morgan fingerprint density at radius 2 is 1.74 bits per heavy atom. The lowest BCUT2D eigenvalue weighted by atomic mass is 9.92. The van der Waals surface area contributed by atoms with Gasteiger partial charge in [0.2, 0.25) is 10.0 Å². The number of likely N-dealkylation sites (tertiary alicyclic amines) is 1. The van der Waals surface area contributed by atoms with E-state index in [4.69, 9.17) is 0 Å². The van der Waals surface area contributed by atoms with Crippen LogP contribution in [0.25, 0.3) is 0 Å². The first kappa shape index (κ1) is 25.4. The first-order valence-corrected chi connectivity index (χ1v) is 13.8. The number of hydrogen-bond donors (Lipinski definition) is 2. The van der Waals surface area contributed by atoms with Crippen LogP contribution in [0, 0.1) is 11.7 Å². The van der Waals surface area contributed by atoms with E-state index in [9.17, 15) is 12.8 Å². The standard InChI is InChI=1S/C27H35FN4O2S/c1-3-31-19-21(2)29-27(20-31)23-13-16-32(17-14-23)18-15-26(22-7-5-4-6-8-22)30-35(33,34)25-11-9-24(28)10-12-25/h4-12,19-20,23,26,29-30H,3,13-18H2,1-2H3/t26-/m1/s1. The molecule has 2 N–H and O–H groups in total. The van der Waals surface area contributed by atoms with Gasteiger partial charge in [0.1, 0.15) is 5.82 Å². The Morgan fingerprint density at radius 3 is 2.40 bits per heavy atom. The van der Waals surface area contributed by atoms with Gasteiger partial charge in [-0.05, 0) is 82.6 Å². The van der Waals surface area contributed by atoms with Crippen molar-refractivity contribution >= 4 is 10.0 Å². The minimum absolute atomic E-state index is 0.0689. The lowest BCUT2D eigenvalue weighted by molar-refractivity contribution is 0.188. The maximum Gasteiger partial charge on any atom is 0.241 e. The molecule has 0 unspecified atom stereocenters. The molecule has 8 heteroatoms. The quantitative estimate of drug-likeness (QED) is 0.530. The number of rotatable bonds is 9. The molecule has 0 radical (unpaired) electrons. The predicted octanol–water partition coefficient (Wildman–Crippen LogP) is 4.58. The lowest BCUT2D eigenvalue weighted by Crippen LogP contribution is -2.39. The van der Waals surface area contributed by atoms with Crippen LogP contribution in [0.5, 0.6) is 0 Å². The topological polar surface area (TPSA) is 64.7 Å². The molecule has 0 bridgehead atoms. The van der Waals surface area contributed by atoms with Gasteiger partial charge < -0.3 is 15.1 Å². The molecule has 188 valence electrons. The summed E-state index contributed by atoms with van der Waals surface area (Å²) in [6, 6.07) is 14.2. The molecule has 2 aliphatic heterocycles. The van der Waals surface area contributed by atoms with Crippen molar-refractivity contribution < 1.29 is 12.8 Å². The number of nitrogens with zero attached hydrogens (tertiary/aromatic N) is 2. The van der Waals surface area contributed by atoms with E-state index in [0.29, 0.717) is 12.3 Å². The van der Waals surface area contributed by atoms with Gasteiger partial charge in [-0.2, -0.15) is 0 Å². The largest absolute Gasteiger partial charge is 0.360 e. The molecule has 6 nitrogen and oxygen atoms in total. The van der Waals surface area contributed by atoms with E-state index in [1.54, 1.807) is 0 Å². The van der Waals surface area contributed by atoms with Crippen LogP contribution in [0.15, 0.2) is 83.3 Å². The number of halogens is 1. The number of sulfonamides is 1. The van der Waals surface area contributed by atoms with Gasteiger partial charge in [0, 0.05) is 42.3 Å². The van der Waals surface area contributed by atoms with Crippen LogP contribution in [-0.4, -0.2) is 44.4 Å². The van der Waals surface area contributed by atoms with Crippen LogP contribution < -0.4 is 10.0 Å². The molecule has 2 aromatic carbocycles. The number of benzene rings is 2. The van der Waals surface area contributed by atoms with E-state index in [2.05, 4.69) is 46.1 Å². The average molecular weight is 499 g/mol. The summed E-state index contributed by atoms with van der Waals surface area (Å²) >= 11 is 0. The molecular formula is C27H35FN4O2S. The molecule has 0 aromatic heterocycles. The number of piperidine rings is 1. The molecule has 0 aliphatic carbocycles. The second-order valence-electron chi connectivity index (χ2n) is 9.30. The van der Waals surface area contributed by atoms with Gasteiger partial charge in [0.05, 0.1) is 4.90 Å². The Kier molecular flexibility index (Phi) is 8.26. The summed E-state index contributed by atoms with van der Waals surface area (Å²) < 4.78 is 42.2. The Labute approximate surface area is 208 Å². The van der Waals surface area contributed by atoms with Gasteiger partial charge in [-0.1, -0.05) is 30.3 Å². The molecule has 1 saturated heterocycles. The van der Waals surface area contributed by atoms with Crippen molar-refractivity contribution in [3.63, 3.8) is 0 Å². The second-order valence-corrected chi connectivity index (χ2v) is 11.0. The highest BCUT2D eigenvalue weighted by molar-refractivity contribution is 7.89. The molecule has 4 rings (SSSR count). The van der Waals surface area contributed by atoms with E-state index in [0.717, 1.165) is 44.6 Å². The first-order chi connectivity index (χ1) is 16.8. The third-order valence-corrected chi connectivity index (χ3v) is 8.24. The third kappa shape index (κ3) is 6.72. The van der Waals surface area contributed by atoms with Crippen LogP contribution in [0.4, 0.5) is 4.39 Å². The van der Waals surface area contributed by atoms with E-state index in [1.807, 2.05) is 30.3 Å². The van der Waals surface area contributed by atoms with Crippen molar-refractivity contribution in [2.75, 3.05) is 26.2 Å². The molecule has 0 spiro atoms. The molecule has 0 saturated carbocycles. The second kappa shape index (κ2) is 11.4. The van der Waals surface area contributed by atoms with Crippen LogP contribution >= 0.6 is 0 Å². The highest BCUT2D eigenvalue weighted by Crippen LogP contribution is 2.27. The molecule has 0 amide bonds. The lowest BCUT2D eigenvalue weighted by Gasteiger charge is -2.36. The summed E-state index contributed by atoms with van der Waals surface area (Å²) in [4.78, 5) is 4.72. The fraction of sp³-hybridized carbons (Fsp3) is 0.407. The SMILES string of the molecule is CCN1C=C(C)NC(C2CCN(CC[C@@H](NS(=O)(=O)c3ccc(F)cc3)c3ccccc3)CC2)=C1. The molecule has 1 fully saturated rings. The normalized spacial score (nSPS) is 18.5. The zero-order valence-electron chi connectivity index (χ0n) is 20.5. The summed E-state index contributed by atoms with van der Waals surface area (Å²) in [6.07, 6.45) is 7.15. The Morgan fingerprint density at radius 1 is 1.06 bits per heavy atom. The van der Waals surface area contributed by atoms with Crippen LogP contribution in [-0.2, 0) is 10.0 Å². The summed E-state index contributed by atoms with van der Waals surface area (Å²) in [5.41, 5.74) is 3.39. The van der Waals surface area contributed by atoms with Crippen molar-refractivity contribution in [1.29, 1.82) is 0 Å². The Balaban J connectivity index is 1.38. The number of hydrogen-bond acceptors (Lipinski definition) is 5. The molecule has 2 aliphatic rings. The number of allylic oxidation sites excluding steroid dienone is 2. The van der Waals surface area contributed by atoms with Gasteiger partial charge in [0.25, 0.3) is 0 Å². The van der Waals surface area contributed by atoms with E-state index in [-0.39, 0.29) is 10.9 Å². The summed E-state index contributed by atoms with van der Waals surface area (Å²) in [5, 5.41) is 3.54. The van der Waals surface area contributed by atoms with Gasteiger partial charge in [-0.3, -0.25) is 0 Å². The fourth-order valence-electron chi connectivity index (χ4n) is 4.77. The van der Waals surface area contributed by atoms with E-state index >= 15 is 0 Å². The van der Waals surface area contributed by atoms with E-state index in [1.165, 1.54) is 35.7 Å². The fourth-order valence-corrected chi connectivity index (χ4v) is 6.03. The van der Waals surface area contributed by atoms with Crippen molar-refractivity contribution in [3.8, 4) is 0 Å². The summed E-state index contributed by atoms with van der Waals surface area (Å²) in [6.45, 7) is 7.96. The van der Waals surface area contributed by atoms with Gasteiger partial charge in [-0.25, -0.2) is 17.5 Å². The van der Waals surface area contributed by atoms with Crippen molar-refractivity contribution in [1.82, 2.24) is 19.8 Å². The van der Waals surface area contributed by atoms with Crippen molar-refractivity contribution in [2.24, 2.45) is 5.92 Å². The van der Waals surface area contributed by atoms with E-state index < -0.39 is 15.8 Å². The zero-order valence-corrected chi connectivity index (χ0v) is 21.3. The van der Waals surface area contributed by atoms with Gasteiger partial charge in [0.15, 0.2) is 0 Å². The maximum absolute atomic E-state index is 13.3. The first-order valence-electron chi connectivity index (χ1n) is 12.3. The highest BCUT2D eigenvalue weighted by atomic mass is 32.2. The maximum atomic E-state index is 13.3. The van der Waals surface area contributed by atoms with Gasteiger partial charge in [-0.15, -0.1) is 0 Å². The Hall–Kier alpha value is -2.68. The predicted molar refractivity (Wildman–Crippen MR) is 137 cm³/mol. The van der Waals surface area contributed by atoms with Gasteiger partial charge >= 0.3 is 0 Å². The van der Waals surface area contributed by atoms with Crippen molar-refractivity contribution in [3.05, 3.63) is 89.8 Å². The average Bonchev–Trinajstić information content (AvgIpc) is 2.87. The van der Waals surface area contributed by atoms with Crippen LogP contribution in [0.1, 0.15) is 44.7 Å². The third-order valence-electron chi connectivity index (χ3n) is 6.76. The minimum Gasteiger partial charge on any atom is -0.360 e. The molecule has 2 aromatic rings. The zero-order chi connectivity index (χ0) is 24.8. The van der Waals surface area contributed by atoms with Crippen LogP contribution in [0.3, 0.4) is 0 Å². The Bertz CT molecular complexity index is 1140. The summed E-state index contributed by atoms with van der Waals surface area (Å²) in [5.74, 6) is 0.0468. The molecule has 1 atom stereocenters. The van der Waals surface area contributed by atoms with Crippen LogP contribution in [0.2, 0.25) is 0 Å². The number of nitrogens with one attached hydrogen (secondary N) is 2. The molecular weight excluding hydrogens is 463 g/mol. The molecule has 2 heterocycles.